The van der Waals surface area contributed by atoms with E-state index in [0.29, 0.717) is 41.9 Å². The van der Waals surface area contributed by atoms with Crippen LogP contribution in [0.1, 0.15) is 41.9 Å². The highest BCUT2D eigenvalue weighted by Gasteiger charge is 2.37. The molecule has 3 aromatic carbocycles. The second-order valence-electron chi connectivity index (χ2n) is 11.7. The number of sulfonamides is 1. The summed E-state index contributed by atoms with van der Waals surface area (Å²) in [5.74, 6) is -0.182. The molecule has 1 heterocycles. The lowest BCUT2D eigenvalue weighted by Crippen LogP contribution is -2.46. The van der Waals surface area contributed by atoms with Gasteiger partial charge in [0.2, 0.25) is 0 Å². The van der Waals surface area contributed by atoms with Gasteiger partial charge in [-0.05, 0) is 81.2 Å². The van der Waals surface area contributed by atoms with Crippen LogP contribution in [0.2, 0.25) is 0 Å². The van der Waals surface area contributed by atoms with E-state index in [2.05, 4.69) is 9.97 Å². The molecular formula is C34H36F4N4O5S. The standard InChI is InChI=1S/C34H36F4N4O5S/c1-41(2)29-17-23(22-6-5-7-25(16-22)34(36,37)38)9-12-31(29)47-30-13-11-27(19-28(30)35)48(43,44)42(33-14-15-39-21-40-33)20-24-8-10-26(45-3)18-32(24)46-4/h5-8,10-11,13-16,18-19,21,23,29,31H,9,12,17,20H2,1-4H3/t23-,29-,31-/m0/s1. The SMILES string of the molecule is COc1ccc(CN(c2ccncn2)S(=O)(=O)c2ccc(O[C@H]3CC[C@H](c4cccc(C(F)(F)F)c4)C[C@@H]3N(C)C)c(F)c2)c(OC)c1. The van der Waals surface area contributed by atoms with Crippen molar-refractivity contribution in [3.8, 4) is 17.2 Å². The van der Waals surface area contributed by atoms with Crippen molar-refractivity contribution in [2.45, 2.75) is 54.9 Å². The average Bonchev–Trinajstić information content (AvgIpc) is 3.08. The summed E-state index contributed by atoms with van der Waals surface area (Å²) < 4.78 is 102. The van der Waals surface area contributed by atoms with Crippen LogP contribution in [-0.4, -0.2) is 63.7 Å². The minimum Gasteiger partial charge on any atom is -0.497 e. The van der Waals surface area contributed by atoms with Crippen molar-refractivity contribution >= 4 is 15.8 Å². The number of methoxy groups -OCH3 is 2. The van der Waals surface area contributed by atoms with Gasteiger partial charge in [0.25, 0.3) is 10.0 Å². The number of alkyl halides is 3. The zero-order chi connectivity index (χ0) is 34.6. The third-order valence-electron chi connectivity index (χ3n) is 8.50. The van der Waals surface area contributed by atoms with Crippen LogP contribution in [0.5, 0.6) is 17.2 Å². The quantitative estimate of drug-likeness (QED) is 0.161. The van der Waals surface area contributed by atoms with Crippen LogP contribution in [0.15, 0.2) is 84.1 Å². The van der Waals surface area contributed by atoms with Crippen molar-refractivity contribution in [1.29, 1.82) is 0 Å². The Morgan fingerprint density at radius 1 is 0.938 bits per heavy atom. The Hall–Kier alpha value is -4.43. The molecule has 9 nitrogen and oxygen atoms in total. The Labute approximate surface area is 277 Å². The topological polar surface area (TPSA) is 94.1 Å². The van der Waals surface area contributed by atoms with Crippen molar-refractivity contribution in [2.24, 2.45) is 0 Å². The molecule has 0 radical (unpaired) electrons. The molecule has 0 bridgehead atoms. The van der Waals surface area contributed by atoms with Gasteiger partial charge in [0, 0.05) is 29.9 Å². The number of hydrogen-bond acceptors (Lipinski definition) is 8. The third kappa shape index (κ3) is 7.65. The molecular weight excluding hydrogens is 652 g/mol. The van der Waals surface area contributed by atoms with Gasteiger partial charge in [-0.15, -0.1) is 0 Å². The number of nitrogens with zero attached hydrogens (tertiary/aromatic N) is 4. The van der Waals surface area contributed by atoms with Crippen molar-refractivity contribution in [2.75, 3.05) is 32.6 Å². The Balaban J connectivity index is 1.38. The lowest BCUT2D eigenvalue weighted by atomic mass is 9.79. The van der Waals surface area contributed by atoms with Gasteiger partial charge in [-0.25, -0.2) is 27.1 Å². The molecule has 0 saturated heterocycles. The fourth-order valence-corrected chi connectivity index (χ4v) is 7.37. The van der Waals surface area contributed by atoms with Gasteiger partial charge in [0.05, 0.1) is 31.2 Å². The smallest absolute Gasteiger partial charge is 0.416 e. The molecule has 256 valence electrons. The van der Waals surface area contributed by atoms with Crippen molar-refractivity contribution in [1.82, 2.24) is 14.9 Å². The summed E-state index contributed by atoms with van der Waals surface area (Å²) in [5.41, 5.74) is 0.408. The monoisotopic (exact) mass is 688 g/mol. The van der Waals surface area contributed by atoms with E-state index < -0.39 is 33.7 Å². The van der Waals surface area contributed by atoms with Crippen molar-refractivity contribution in [3.05, 3.63) is 102 Å². The van der Waals surface area contributed by atoms with E-state index in [1.165, 1.54) is 57.1 Å². The summed E-state index contributed by atoms with van der Waals surface area (Å²) in [6.45, 7) is -0.188. The second-order valence-corrected chi connectivity index (χ2v) is 13.5. The summed E-state index contributed by atoms with van der Waals surface area (Å²) in [6, 6.07) is 15.0. The normalized spacial score (nSPS) is 18.4. The fraction of sp³-hybridized carbons (Fsp3) is 0.353. The molecule has 1 fully saturated rings. The van der Waals surface area contributed by atoms with Gasteiger partial charge in [0.15, 0.2) is 11.6 Å². The van der Waals surface area contributed by atoms with Crippen LogP contribution < -0.4 is 18.5 Å². The molecule has 1 aliphatic carbocycles. The van der Waals surface area contributed by atoms with Crippen LogP contribution in [0.3, 0.4) is 0 Å². The van der Waals surface area contributed by atoms with Crippen LogP contribution in [0.25, 0.3) is 0 Å². The largest absolute Gasteiger partial charge is 0.497 e. The molecule has 0 unspecified atom stereocenters. The van der Waals surface area contributed by atoms with Gasteiger partial charge >= 0.3 is 6.18 Å². The van der Waals surface area contributed by atoms with Crippen LogP contribution >= 0.6 is 0 Å². The molecule has 14 heteroatoms. The number of rotatable bonds is 11. The molecule has 3 atom stereocenters. The zero-order valence-corrected chi connectivity index (χ0v) is 27.6. The molecule has 0 N–H and O–H groups in total. The Morgan fingerprint density at radius 2 is 1.73 bits per heavy atom. The molecule has 5 rings (SSSR count). The van der Waals surface area contributed by atoms with E-state index >= 15 is 4.39 Å². The number of anilines is 1. The van der Waals surface area contributed by atoms with E-state index in [-0.39, 0.29) is 35.0 Å². The Bertz CT molecular complexity index is 1830. The molecule has 48 heavy (non-hydrogen) atoms. The zero-order valence-electron chi connectivity index (χ0n) is 26.8. The van der Waals surface area contributed by atoms with Gasteiger partial charge < -0.3 is 19.1 Å². The maximum atomic E-state index is 15.7. The molecule has 0 amide bonds. The highest BCUT2D eigenvalue weighted by molar-refractivity contribution is 7.92. The molecule has 1 aliphatic rings. The van der Waals surface area contributed by atoms with E-state index in [1.54, 1.807) is 24.3 Å². The fourth-order valence-electron chi connectivity index (χ4n) is 5.96. The number of ether oxygens (including phenoxy) is 3. The lowest BCUT2D eigenvalue weighted by molar-refractivity contribution is -0.137. The van der Waals surface area contributed by atoms with Crippen molar-refractivity contribution in [3.63, 3.8) is 0 Å². The van der Waals surface area contributed by atoms with Gasteiger partial charge in [-0.2, -0.15) is 13.2 Å². The minimum absolute atomic E-state index is 0.0648. The summed E-state index contributed by atoms with van der Waals surface area (Å²) in [4.78, 5) is 9.60. The molecule has 1 saturated carbocycles. The number of benzene rings is 3. The summed E-state index contributed by atoms with van der Waals surface area (Å²) in [6.07, 6.45) is -0.834. The average molecular weight is 689 g/mol. The molecule has 0 aliphatic heterocycles. The van der Waals surface area contributed by atoms with Crippen LogP contribution in [0.4, 0.5) is 23.4 Å². The van der Waals surface area contributed by atoms with Crippen LogP contribution in [0, 0.1) is 5.82 Å². The Kier molecular flexibility index (Phi) is 10.4. The van der Waals surface area contributed by atoms with Crippen molar-refractivity contribution < 1.29 is 40.2 Å². The highest BCUT2D eigenvalue weighted by Crippen LogP contribution is 2.39. The van der Waals surface area contributed by atoms with E-state index in [4.69, 9.17) is 14.2 Å². The molecule has 0 spiro atoms. The maximum absolute atomic E-state index is 15.7. The highest BCUT2D eigenvalue weighted by atomic mass is 32.2. The summed E-state index contributed by atoms with van der Waals surface area (Å²) >= 11 is 0. The first-order valence-corrected chi connectivity index (χ1v) is 16.5. The van der Waals surface area contributed by atoms with E-state index in [9.17, 15) is 21.6 Å². The number of aromatic nitrogens is 2. The van der Waals surface area contributed by atoms with Gasteiger partial charge in [-0.3, -0.25) is 0 Å². The summed E-state index contributed by atoms with van der Waals surface area (Å²) in [7, 11) is 2.25. The third-order valence-corrected chi connectivity index (χ3v) is 10.2. The lowest BCUT2D eigenvalue weighted by Gasteiger charge is -2.40. The number of halogens is 4. The van der Waals surface area contributed by atoms with E-state index in [1.807, 2.05) is 19.0 Å². The first-order chi connectivity index (χ1) is 22.8. The molecule has 1 aromatic heterocycles. The van der Waals surface area contributed by atoms with Crippen LogP contribution in [-0.2, 0) is 22.7 Å². The predicted molar refractivity (Wildman–Crippen MR) is 171 cm³/mol. The molecule has 4 aromatic rings. The second kappa shape index (κ2) is 14.4. The number of likely N-dealkylation sites (N-methyl/N-ethyl adjacent to an activating group) is 1. The predicted octanol–water partition coefficient (Wildman–Crippen LogP) is 6.69. The first-order valence-electron chi connectivity index (χ1n) is 15.1. The summed E-state index contributed by atoms with van der Waals surface area (Å²) in [5, 5.41) is 0. The number of hydrogen-bond donors (Lipinski definition) is 0. The minimum atomic E-state index is -4.44. The first kappa shape index (κ1) is 34.9. The van der Waals surface area contributed by atoms with E-state index in [0.717, 1.165) is 16.4 Å². The van der Waals surface area contributed by atoms with Gasteiger partial charge in [-0.1, -0.05) is 18.2 Å². The Morgan fingerprint density at radius 3 is 2.38 bits per heavy atom. The van der Waals surface area contributed by atoms with Gasteiger partial charge in [0.1, 0.15) is 29.7 Å². The maximum Gasteiger partial charge on any atom is 0.416 e.